The number of halogens is 1. The molecule has 2 N–H and O–H groups in total. The summed E-state index contributed by atoms with van der Waals surface area (Å²) in [4.78, 5) is 11.4. The van der Waals surface area contributed by atoms with Crippen molar-refractivity contribution in [1.29, 1.82) is 0 Å². The van der Waals surface area contributed by atoms with Gasteiger partial charge in [-0.25, -0.2) is 17.9 Å². The van der Waals surface area contributed by atoms with Gasteiger partial charge in [0.25, 0.3) is 0 Å². The SMILES string of the molecule is COC(=O)c1ccc(Cl)c(S(=O)(=O)NC2C3CNCC32)c1. The number of methoxy groups -OCH3 is 1. The van der Waals surface area contributed by atoms with Crippen molar-refractivity contribution >= 4 is 27.6 Å². The van der Waals surface area contributed by atoms with E-state index in [0.29, 0.717) is 11.8 Å². The van der Waals surface area contributed by atoms with E-state index in [4.69, 9.17) is 11.6 Å². The predicted octanol–water partition coefficient (Wildman–Crippen LogP) is 0.623. The zero-order valence-electron chi connectivity index (χ0n) is 11.3. The Kier molecular flexibility index (Phi) is 3.69. The molecule has 2 fully saturated rings. The molecule has 1 saturated heterocycles. The lowest BCUT2D eigenvalue weighted by Crippen LogP contribution is -2.32. The minimum Gasteiger partial charge on any atom is -0.465 e. The maximum atomic E-state index is 12.4. The van der Waals surface area contributed by atoms with E-state index in [-0.39, 0.29) is 21.5 Å². The lowest BCUT2D eigenvalue weighted by molar-refractivity contribution is 0.0600. The summed E-state index contributed by atoms with van der Waals surface area (Å²) in [5, 5.41) is 3.28. The van der Waals surface area contributed by atoms with Gasteiger partial charge in [-0.1, -0.05) is 11.6 Å². The van der Waals surface area contributed by atoms with Crippen molar-refractivity contribution in [2.75, 3.05) is 20.2 Å². The summed E-state index contributed by atoms with van der Waals surface area (Å²) in [5.74, 6) is 0.0975. The second-order valence-corrected chi connectivity index (χ2v) is 7.36. The summed E-state index contributed by atoms with van der Waals surface area (Å²) >= 11 is 5.97. The number of sulfonamides is 1. The standard InChI is InChI=1S/C13H15ClN2O4S/c1-20-13(17)7-2-3-10(14)11(4-7)21(18,19)16-12-8-5-15-6-9(8)12/h2-4,8-9,12,15-16H,5-6H2,1H3. The Balaban J connectivity index is 1.86. The minimum absolute atomic E-state index is 0.0471. The van der Waals surface area contributed by atoms with E-state index in [0.717, 1.165) is 13.1 Å². The smallest absolute Gasteiger partial charge is 0.337 e. The zero-order chi connectivity index (χ0) is 15.2. The molecule has 2 atom stereocenters. The largest absolute Gasteiger partial charge is 0.465 e. The Hall–Kier alpha value is -1.15. The number of carbonyl (C=O) groups excluding carboxylic acids is 1. The van der Waals surface area contributed by atoms with Gasteiger partial charge >= 0.3 is 5.97 Å². The summed E-state index contributed by atoms with van der Waals surface area (Å²) < 4.78 is 32.1. The fourth-order valence-corrected chi connectivity index (χ4v) is 4.65. The number of fused-ring (bicyclic) bond motifs is 1. The first kappa shape index (κ1) is 14.8. The number of hydrogen-bond acceptors (Lipinski definition) is 5. The molecule has 2 unspecified atom stereocenters. The molecule has 114 valence electrons. The van der Waals surface area contributed by atoms with Crippen molar-refractivity contribution in [3.63, 3.8) is 0 Å². The predicted molar refractivity (Wildman–Crippen MR) is 76.8 cm³/mol. The van der Waals surface area contributed by atoms with Crippen LogP contribution in [0, 0.1) is 11.8 Å². The van der Waals surface area contributed by atoms with Gasteiger partial charge in [0.05, 0.1) is 17.7 Å². The Morgan fingerprint density at radius 3 is 2.67 bits per heavy atom. The molecule has 21 heavy (non-hydrogen) atoms. The van der Waals surface area contributed by atoms with Crippen LogP contribution in [0.15, 0.2) is 23.1 Å². The van der Waals surface area contributed by atoms with Crippen LogP contribution in [0.3, 0.4) is 0 Å². The van der Waals surface area contributed by atoms with E-state index in [9.17, 15) is 13.2 Å². The van der Waals surface area contributed by atoms with Crippen LogP contribution in [0.25, 0.3) is 0 Å². The summed E-state index contributed by atoms with van der Waals surface area (Å²) in [6, 6.07) is 4.02. The van der Waals surface area contributed by atoms with Crippen molar-refractivity contribution in [3.05, 3.63) is 28.8 Å². The number of carbonyl (C=O) groups is 1. The minimum atomic E-state index is -3.75. The number of nitrogens with one attached hydrogen (secondary N) is 2. The highest BCUT2D eigenvalue weighted by Gasteiger charge is 2.54. The van der Waals surface area contributed by atoms with E-state index in [1.165, 1.54) is 25.3 Å². The van der Waals surface area contributed by atoms with Gasteiger partial charge in [0.15, 0.2) is 0 Å². The van der Waals surface area contributed by atoms with E-state index >= 15 is 0 Å². The highest BCUT2D eigenvalue weighted by Crippen LogP contribution is 2.42. The summed E-state index contributed by atoms with van der Waals surface area (Å²) in [7, 11) is -2.51. The topological polar surface area (TPSA) is 84.5 Å². The van der Waals surface area contributed by atoms with Gasteiger partial charge in [0.2, 0.25) is 10.0 Å². The third-order valence-corrected chi connectivity index (χ3v) is 5.97. The molecule has 1 saturated carbocycles. The average molecular weight is 331 g/mol. The lowest BCUT2D eigenvalue weighted by Gasteiger charge is -2.11. The van der Waals surface area contributed by atoms with Gasteiger partial charge in [-0.05, 0) is 43.1 Å². The van der Waals surface area contributed by atoms with Crippen molar-refractivity contribution < 1.29 is 17.9 Å². The van der Waals surface area contributed by atoms with Crippen molar-refractivity contribution in [2.45, 2.75) is 10.9 Å². The van der Waals surface area contributed by atoms with Crippen LogP contribution in [-0.2, 0) is 14.8 Å². The molecule has 3 rings (SSSR count). The molecule has 1 heterocycles. The monoisotopic (exact) mass is 330 g/mol. The number of piperidine rings is 1. The third-order valence-electron chi connectivity index (χ3n) is 4.02. The maximum absolute atomic E-state index is 12.4. The number of ether oxygens (including phenoxy) is 1. The maximum Gasteiger partial charge on any atom is 0.337 e. The highest BCUT2D eigenvalue weighted by molar-refractivity contribution is 7.89. The van der Waals surface area contributed by atoms with Gasteiger partial charge in [-0.15, -0.1) is 0 Å². The van der Waals surface area contributed by atoms with Crippen LogP contribution in [-0.4, -0.2) is 40.6 Å². The van der Waals surface area contributed by atoms with Crippen LogP contribution >= 0.6 is 11.6 Å². The van der Waals surface area contributed by atoms with E-state index in [2.05, 4.69) is 14.8 Å². The van der Waals surface area contributed by atoms with Gasteiger partial charge in [0.1, 0.15) is 4.90 Å². The van der Waals surface area contributed by atoms with Gasteiger partial charge in [-0.3, -0.25) is 0 Å². The molecule has 0 bridgehead atoms. The third kappa shape index (κ3) is 2.66. The molecule has 6 nitrogen and oxygen atoms in total. The van der Waals surface area contributed by atoms with Gasteiger partial charge < -0.3 is 10.1 Å². The van der Waals surface area contributed by atoms with Gasteiger partial charge in [-0.2, -0.15) is 0 Å². The van der Waals surface area contributed by atoms with Gasteiger partial charge in [0, 0.05) is 6.04 Å². The van der Waals surface area contributed by atoms with Crippen LogP contribution in [0.4, 0.5) is 0 Å². The molecule has 0 radical (unpaired) electrons. The molecule has 8 heteroatoms. The zero-order valence-corrected chi connectivity index (χ0v) is 12.9. The first-order valence-electron chi connectivity index (χ1n) is 6.55. The Morgan fingerprint density at radius 2 is 2.05 bits per heavy atom. The molecule has 0 spiro atoms. The Morgan fingerprint density at radius 1 is 1.38 bits per heavy atom. The number of hydrogen-bond donors (Lipinski definition) is 2. The number of esters is 1. The van der Waals surface area contributed by atoms with E-state index < -0.39 is 16.0 Å². The van der Waals surface area contributed by atoms with E-state index in [1.54, 1.807) is 0 Å². The van der Waals surface area contributed by atoms with Crippen molar-refractivity contribution in [1.82, 2.24) is 10.0 Å². The summed E-state index contributed by atoms with van der Waals surface area (Å²) in [5.41, 5.74) is 0.153. The molecule has 1 aromatic rings. The van der Waals surface area contributed by atoms with Crippen LogP contribution in [0.1, 0.15) is 10.4 Å². The van der Waals surface area contributed by atoms with E-state index in [1.807, 2.05) is 0 Å². The van der Waals surface area contributed by atoms with Crippen molar-refractivity contribution in [3.8, 4) is 0 Å². The number of rotatable bonds is 4. The fourth-order valence-electron chi connectivity index (χ4n) is 2.79. The first-order valence-corrected chi connectivity index (χ1v) is 8.41. The van der Waals surface area contributed by atoms with Crippen LogP contribution in [0.5, 0.6) is 0 Å². The average Bonchev–Trinajstić information content (AvgIpc) is 2.89. The molecule has 1 aliphatic heterocycles. The van der Waals surface area contributed by atoms with Crippen LogP contribution < -0.4 is 10.0 Å². The Bertz CT molecular complexity index is 681. The molecular weight excluding hydrogens is 316 g/mol. The molecule has 1 aromatic carbocycles. The summed E-state index contributed by atoms with van der Waals surface area (Å²) in [6.07, 6.45) is 0. The molecule has 2 aliphatic rings. The van der Waals surface area contributed by atoms with Crippen molar-refractivity contribution in [2.24, 2.45) is 11.8 Å². The second-order valence-electron chi connectivity index (χ2n) is 5.27. The second kappa shape index (κ2) is 5.24. The quantitative estimate of drug-likeness (QED) is 0.791. The highest BCUT2D eigenvalue weighted by atomic mass is 35.5. The Labute approximate surface area is 127 Å². The first-order chi connectivity index (χ1) is 9.94. The summed E-state index contributed by atoms with van der Waals surface area (Å²) in [6.45, 7) is 1.65. The van der Waals surface area contributed by atoms with Crippen LogP contribution in [0.2, 0.25) is 5.02 Å². The number of benzene rings is 1. The molecule has 0 aromatic heterocycles. The molecule has 0 amide bonds. The lowest BCUT2D eigenvalue weighted by atomic mass is 10.2. The molecule has 1 aliphatic carbocycles. The fraction of sp³-hybridized carbons (Fsp3) is 0.462. The normalized spacial score (nSPS) is 27.2. The molecular formula is C13H15ClN2O4S.